The molecule has 0 atom stereocenters. The Hall–Kier alpha value is -1.45. The Morgan fingerprint density at radius 1 is 1.21 bits per heavy atom. The van der Waals surface area contributed by atoms with Crippen molar-refractivity contribution in [2.24, 2.45) is 0 Å². The molecule has 5 heteroatoms. The van der Waals surface area contributed by atoms with E-state index in [1.807, 2.05) is 30.3 Å². The molecule has 2 rings (SSSR count). The zero-order valence-corrected chi connectivity index (χ0v) is 12.0. The van der Waals surface area contributed by atoms with Gasteiger partial charge in [-0.25, -0.2) is 4.98 Å². The molecule has 0 saturated heterocycles. The molecule has 1 N–H and O–H groups in total. The van der Waals surface area contributed by atoms with Crippen LogP contribution in [0.1, 0.15) is 11.1 Å². The molecule has 0 saturated carbocycles. The first kappa shape index (κ1) is 14.0. The summed E-state index contributed by atoms with van der Waals surface area (Å²) < 4.78 is 5.11. The molecular weight excluding hydrogens is 283 g/mol. The van der Waals surface area contributed by atoms with Gasteiger partial charge in [0, 0.05) is 18.6 Å². The van der Waals surface area contributed by atoms with Crippen LogP contribution >= 0.6 is 23.2 Å². The molecule has 1 aromatic heterocycles. The van der Waals surface area contributed by atoms with Crippen LogP contribution in [0.5, 0.6) is 5.75 Å². The van der Waals surface area contributed by atoms with Crippen LogP contribution in [0.2, 0.25) is 5.02 Å². The molecule has 2 aromatic rings. The lowest BCUT2D eigenvalue weighted by atomic mass is 10.2. The third-order valence-corrected chi connectivity index (χ3v) is 3.44. The number of rotatable bonds is 5. The highest BCUT2D eigenvalue weighted by atomic mass is 35.5. The number of anilines is 1. The fraction of sp³-hybridized carbons (Fsp3) is 0.214. The van der Waals surface area contributed by atoms with Gasteiger partial charge in [-0.15, -0.1) is 11.6 Å². The van der Waals surface area contributed by atoms with Gasteiger partial charge in [0.05, 0.1) is 12.1 Å². The summed E-state index contributed by atoms with van der Waals surface area (Å²) in [6.45, 7) is 0.641. The molecule has 0 unspecified atom stereocenters. The summed E-state index contributed by atoms with van der Waals surface area (Å²) >= 11 is 12.0. The molecule has 19 heavy (non-hydrogen) atoms. The Bertz CT molecular complexity index is 544. The number of hydrogen-bond acceptors (Lipinski definition) is 3. The number of nitrogens with zero attached hydrogens (tertiary/aromatic N) is 1. The van der Waals surface area contributed by atoms with Crippen molar-refractivity contribution in [3.8, 4) is 5.75 Å². The third-order valence-electron chi connectivity index (χ3n) is 2.73. The highest BCUT2D eigenvalue weighted by Crippen LogP contribution is 2.25. The summed E-state index contributed by atoms with van der Waals surface area (Å²) in [6.07, 6.45) is 1.69. The van der Waals surface area contributed by atoms with Crippen LogP contribution < -0.4 is 10.1 Å². The van der Waals surface area contributed by atoms with Crippen molar-refractivity contribution in [1.29, 1.82) is 0 Å². The van der Waals surface area contributed by atoms with Crippen molar-refractivity contribution < 1.29 is 4.74 Å². The highest BCUT2D eigenvalue weighted by molar-refractivity contribution is 6.34. The van der Waals surface area contributed by atoms with Crippen molar-refractivity contribution in [3.05, 3.63) is 52.7 Å². The molecule has 0 spiro atoms. The Kier molecular flexibility index (Phi) is 4.88. The van der Waals surface area contributed by atoms with Crippen molar-refractivity contribution in [1.82, 2.24) is 4.98 Å². The first-order valence-corrected chi connectivity index (χ1v) is 6.72. The van der Waals surface area contributed by atoms with Crippen LogP contribution in [0, 0.1) is 0 Å². The molecule has 1 heterocycles. The van der Waals surface area contributed by atoms with Crippen LogP contribution in [0.15, 0.2) is 36.5 Å². The number of nitrogens with one attached hydrogen (secondary N) is 1. The molecule has 0 radical (unpaired) electrons. The van der Waals surface area contributed by atoms with E-state index in [2.05, 4.69) is 10.3 Å². The summed E-state index contributed by atoms with van der Waals surface area (Å²) in [7, 11) is 1.65. The second-order valence-corrected chi connectivity index (χ2v) is 4.61. The summed E-state index contributed by atoms with van der Waals surface area (Å²) in [5.74, 6) is 1.86. The fourth-order valence-corrected chi connectivity index (χ4v) is 2.18. The third kappa shape index (κ3) is 3.52. The maximum absolute atomic E-state index is 6.19. The van der Waals surface area contributed by atoms with Gasteiger partial charge in [0.2, 0.25) is 0 Å². The minimum absolute atomic E-state index is 0.374. The van der Waals surface area contributed by atoms with Gasteiger partial charge in [-0.1, -0.05) is 23.7 Å². The van der Waals surface area contributed by atoms with Gasteiger partial charge in [-0.3, -0.25) is 0 Å². The van der Waals surface area contributed by atoms with E-state index >= 15 is 0 Å². The summed E-state index contributed by atoms with van der Waals surface area (Å²) in [4.78, 5) is 4.21. The van der Waals surface area contributed by atoms with Crippen molar-refractivity contribution in [2.45, 2.75) is 12.4 Å². The first-order chi connectivity index (χ1) is 9.24. The Morgan fingerprint density at radius 3 is 2.58 bits per heavy atom. The smallest absolute Gasteiger partial charge is 0.145 e. The van der Waals surface area contributed by atoms with Gasteiger partial charge in [0.1, 0.15) is 11.6 Å². The average molecular weight is 297 g/mol. The molecule has 0 aliphatic carbocycles. The van der Waals surface area contributed by atoms with E-state index in [0.717, 1.165) is 16.9 Å². The van der Waals surface area contributed by atoms with Gasteiger partial charge in [0.25, 0.3) is 0 Å². The molecule has 0 aliphatic heterocycles. The predicted octanol–water partition coefficient (Wildman–Crippen LogP) is 4.09. The van der Waals surface area contributed by atoms with Gasteiger partial charge in [-0.05, 0) is 29.3 Å². The quantitative estimate of drug-likeness (QED) is 0.844. The van der Waals surface area contributed by atoms with E-state index in [0.29, 0.717) is 23.3 Å². The number of benzene rings is 1. The summed E-state index contributed by atoms with van der Waals surface area (Å²) in [5, 5.41) is 3.77. The highest BCUT2D eigenvalue weighted by Gasteiger charge is 2.06. The largest absolute Gasteiger partial charge is 0.497 e. The number of methoxy groups -OCH3 is 1. The van der Waals surface area contributed by atoms with Crippen LogP contribution in [-0.4, -0.2) is 12.1 Å². The van der Waals surface area contributed by atoms with Gasteiger partial charge in [-0.2, -0.15) is 0 Å². The van der Waals surface area contributed by atoms with E-state index in [4.69, 9.17) is 27.9 Å². The number of alkyl halides is 1. The number of pyridine rings is 1. The van der Waals surface area contributed by atoms with E-state index in [9.17, 15) is 0 Å². The number of aromatic nitrogens is 1. The van der Waals surface area contributed by atoms with Crippen molar-refractivity contribution in [2.75, 3.05) is 12.4 Å². The molecule has 0 amide bonds. The molecule has 3 nitrogen and oxygen atoms in total. The van der Waals surface area contributed by atoms with E-state index in [1.54, 1.807) is 13.3 Å². The molecule has 100 valence electrons. The second-order valence-electron chi connectivity index (χ2n) is 3.97. The number of hydrogen-bond donors (Lipinski definition) is 1. The first-order valence-electron chi connectivity index (χ1n) is 5.80. The maximum Gasteiger partial charge on any atom is 0.145 e. The molecular formula is C14H14Cl2N2O. The Balaban J connectivity index is 2.05. The maximum atomic E-state index is 6.19. The Morgan fingerprint density at radius 2 is 1.95 bits per heavy atom. The molecule has 0 bridgehead atoms. The minimum atomic E-state index is 0.374. The predicted molar refractivity (Wildman–Crippen MR) is 79.1 cm³/mol. The van der Waals surface area contributed by atoms with E-state index < -0.39 is 0 Å². The zero-order chi connectivity index (χ0) is 13.7. The summed E-state index contributed by atoms with van der Waals surface area (Å²) in [5.41, 5.74) is 1.99. The van der Waals surface area contributed by atoms with Crippen LogP contribution in [0.3, 0.4) is 0 Å². The van der Waals surface area contributed by atoms with Crippen LogP contribution in [-0.2, 0) is 12.4 Å². The molecule has 0 fully saturated rings. The van der Waals surface area contributed by atoms with Gasteiger partial charge in [0.15, 0.2) is 0 Å². The fourth-order valence-electron chi connectivity index (χ4n) is 1.64. The van der Waals surface area contributed by atoms with Crippen molar-refractivity contribution >= 4 is 29.0 Å². The molecule has 1 aromatic carbocycles. The standard InChI is InChI=1S/C14H14Cl2N2O/c1-19-12-4-2-10(3-5-12)9-18-14-13(16)11(8-15)6-7-17-14/h2-7H,8-9H2,1H3,(H,17,18). The summed E-state index contributed by atoms with van der Waals surface area (Å²) in [6, 6.07) is 9.63. The topological polar surface area (TPSA) is 34.1 Å². The average Bonchev–Trinajstić information content (AvgIpc) is 2.47. The lowest BCUT2D eigenvalue weighted by molar-refractivity contribution is 0.414. The number of ether oxygens (including phenoxy) is 1. The lowest BCUT2D eigenvalue weighted by Crippen LogP contribution is -2.02. The monoisotopic (exact) mass is 296 g/mol. The van der Waals surface area contributed by atoms with Gasteiger partial charge >= 0.3 is 0 Å². The second kappa shape index (κ2) is 6.64. The van der Waals surface area contributed by atoms with Gasteiger partial charge < -0.3 is 10.1 Å². The SMILES string of the molecule is COc1ccc(CNc2nccc(CCl)c2Cl)cc1. The Labute approximate surface area is 122 Å². The van der Waals surface area contributed by atoms with E-state index in [-0.39, 0.29) is 0 Å². The van der Waals surface area contributed by atoms with Crippen molar-refractivity contribution in [3.63, 3.8) is 0 Å². The minimum Gasteiger partial charge on any atom is -0.497 e. The molecule has 0 aliphatic rings. The van der Waals surface area contributed by atoms with Crippen LogP contribution in [0.25, 0.3) is 0 Å². The zero-order valence-electron chi connectivity index (χ0n) is 10.5. The lowest BCUT2D eigenvalue weighted by Gasteiger charge is -2.10. The number of halogens is 2. The van der Waals surface area contributed by atoms with Crippen LogP contribution in [0.4, 0.5) is 5.82 Å². The van der Waals surface area contributed by atoms with E-state index in [1.165, 1.54) is 0 Å². The normalized spacial score (nSPS) is 10.3.